The largest absolute Gasteiger partial charge is 0.481 e. The van der Waals surface area contributed by atoms with Gasteiger partial charge in [-0.05, 0) is 42.8 Å². The van der Waals surface area contributed by atoms with Crippen LogP contribution in [0.1, 0.15) is 24.1 Å². The second kappa shape index (κ2) is 8.37. The van der Waals surface area contributed by atoms with E-state index >= 15 is 0 Å². The number of fused-ring (bicyclic) bond motifs is 1. The van der Waals surface area contributed by atoms with Crippen LogP contribution in [0.3, 0.4) is 0 Å². The maximum atomic E-state index is 14.1. The van der Waals surface area contributed by atoms with Gasteiger partial charge in [0.05, 0.1) is 6.04 Å². The first kappa shape index (κ1) is 19.6. The van der Waals surface area contributed by atoms with Gasteiger partial charge in [-0.25, -0.2) is 4.39 Å². The Morgan fingerprint density at radius 2 is 1.73 bits per heavy atom. The number of para-hydroxylation sites is 1. The monoisotopic (exact) mass is 404 g/mol. The molecule has 30 heavy (non-hydrogen) atoms. The molecule has 0 unspecified atom stereocenters. The van der Waals surface area contributed by atoms with Crippen molar-refractivity contribution in [1.82, 2.24) is 4.90 Å². The number of halogens is 1. The van der Waals surface area contributed by atoms with Gasteiger partial charge in [-0.3, -0.25) is 9.59 Å². The number of amides is 2. The van der Waals surface area contributed by atoms with Crippen molar-refractivity contribution in [2.24, 2.45) is 0 Å². The van der Waals surface area contributed by atoms with Crippen LogP contribution in [-0.4, -0.2) is 29.4 Å². The van der Waals surface area contributed by atoms with E-state index in [-0.39, 0.29) is 18.4 Å². The van der Waals surface area contributed by atoms with Gasteiger partial charge in [0.25, 0.3) is 5.91 Å². The molecule has 0 fully saturated rings. The van der Waals surface area contributed by atoms with Gasteiger partial charge in [0, 0.05) is 11.3 Å². The number of rotatable bonds is 4. The first-order chi connectivity index (χ1) is 14.5. The highest BCUT2D eigenvalue weighted by atomic mass is 19.1. The molecule has 1 aliphatic heterocycles. The van der Waals surface area contributed by atoms with Gasteiger partial charge in [0.2, 0.25) is 5.91 Å². The molecule has 0 aromatic heterocycles. The summed E-state index contributed by atoms with van der Waals surface area (Å²) in [5.41, 5.74) is 1.79. The van der Waals surface area contributed by atoms with Crippen molar-refractivity contribution < 1.29 is 18.7 Å². The SMILES string of the molecule is C[C@H](Oc1ccccc1)C(=O)N1CC(=O)Nc2ccc(F)cc2[C@@H]1c1ccccc1. The van der Waals surface area contributed by atoms with Crippen molar-refractivity contribution in [3.05, 3.63) is 95.8 Å². The van der Waals surface area contributed by atoms with Crippen LogP contribution in [0.5, 0.6) is 5.75 Å². The van der Waals surface area contributed by atoms with E-state index < -0.39 is 18.0 Å². The Balaban J connectivity index is 1.75. The summed E-state index contributed by atoms with van der Waals surface area (Å²) in [6.45, 7) is 1.48. The van der Waals surface area contributed by atoms with Crippen molar-refractivity contribution in [3.63, 3.8) is 0 Å². The van der Waals surface area contributed by atoms with Crippen molar-refractivity contribution in [3.8, 4) is 5.75 Å². The van der Waals surface area contributed by atoms with E-state index in [2.05, 4.69) is 5.32 Å². The average molecular weight is 404 g/mol. The van der Waals surface area contributed by atoms with Gasteiger partial charge >= 0.3 is 0 Å². The lowest BCUT2D eigenvalue weighted by Gasteiger charge is -2.32. The Morgan fingerprint density at radius 1 is 1.07 bits per heavy atom. The van der Waals surface area contributed by atoms with Crippen LogP contribution in [0.15, 0.2) is 78.9 Å². The van der Waals surface area contributed by atoms with Gasteiger partial charge in [-0.15, -0.1) is 0 Å². The second-order valence-electron chi connectivity index (χ2n) is 7.13. The molecule has 152 valence electrons. The minimum Gasteiger partial charge on any atom is -0.481 e. The molecule has 2 atom stereocenters. The number of hydrogen-bond donors (Lipinski definition) is 1. The lowest BCUT2D eigenvalue weighted by molar-refractivity contribution is -0.142. The van der Waals surface area contributed by atoms with Gasteiger partial charge in [-0.1, -0.05) is 48.5 Å². The molecule has 0 saturated heterocycles. The van der Waals surface area contributed by atoms with E-state index in [4.69, 9.17) is 4.74 Å². The Bertz CT molecular complexity index is 1060. The van der Waals surface area contributed by atoms with Crippen LogP contribution in [0, 0.1) is 5.82 Å². The van der Waals surface area contributed by atoms with E-state index in [1.165, 1.54) is 23.1 Å². The number of nitrogens with one attached hydrogen (secondary N) is 1. The molecule has 1 heterocycles. The van der Waals surface area contributed by atoms with Crippen molar-refractivity contribution in [2.75, 3.05) is 11.9 Å². The number of carbonyl (C=O) groups excluding carboxylic acids is 2. The zero-order chi connectivity index (χ0) is 21.1. The standard InChI is InChI=1S/C24H21FN2O3/c1-16(30-19-10-6-3-7-11-19)24(29)27-15-22(28)26-21-13-12-18(25)14-20(21)23(27)17-8-4-2-5-9-17/h2-14,16,23H,15H2,1H3,(H,26,28)/t16-,23-/m0/s1. The third-order valence-electron chi connectivity index (χ3n) is 5.01. The summed E-state index contributed by atoms with van der Waals surface area (Å²) in [7, 11) is 0. The normalized spacial score (nSPS) is 16.8. The Labute approximate surface area is 174 Å². The van der Waals surface area contributed by atoms with Gasteiger partial charge in [0.15, 0.2) is 6.10 Å². The molecule has 0 bridgehead atoms. The van der Waals surface area contributed by atoms with Gasteiger partial charge < -0.3 is 15.0 Å². The van der Waals surface area contributed by atoms with E-state index in [9.17, 15) is 14.0 Å². The fraction of sp³-hybridized carbons (Fsp3) is 0.167. The third-order valence-corrected chi connectivity index (χ3v) is 5.01. The number of anilines is 1. The molecular formula is C24H21FN2O3. The molecule has 0 saturated carbocycles. The molecule has 1 aliphatic rings. The van der Waals surface area contributed by atoms with E-state index in [1.54, 1.807) is 19.1 Å². The number of ether oxygens (including phenoxy) is 1. The fourth-order valence-electron chi connectivity index (χ4n) is 3.66. The van der Waals surface area contributed by atoms with E-state index in [0.717, 1.165) is 5.56 Å². The molecule has 4 rings (SSSR count). The van der Waals surface area contributed by atoms with Crippen molar-refractivity contribution >= 4 is 17.5 Å². The summed E-state index contributed by atoms with van der Waals surface area (Å²) in [6.07, 6.45) is -0.832. The quantitative estimate of drug-likeness (QED) is 0.710. The van der Waals surface area contributed by atoms with Crippen LogP contribution in [-0.2, 0) is 9.59 Å². The minimum atomic E-state index is -0.832. The minimum absolute atomic E-state index is 0.169. The Kier molecular flexibility index (Phi) is 5.48. The highest BCUT2D eigenvalue weighted by molar-refractivity contribution is 5.97. The maximum Gasteiger partial charge on any atom is 0.264 e. The van der Waals surface area contributed by atoms with Gasteiger partial charge in [0.1, 0.15) is 18.1 Å². The zero-order valence-corrected chi connectivity index (χ0v) is 16.4. The van der Waals surface area contributed by atoms with Crippen LogP contribution >= 0.6 is 0 Å². The Morgan fingerprint density at radius 3 is 2.43 bits per heavy atom. The first-order valence-corrected chi connectivity index (χ1v) is 9.69. The average Bonchev–Trinajstić information content (AvgIpc) is 2.90. The molecule has 0 radical (unpaired) electrons. The lowest BCUT2D eigenvalue weighted by atomic mass is 9.95. The molecule has 3 aromatic carbocycles. The predicted octanol–water partition coefficient (Wildman–Crippen LogP) is 4.16. The number of hydrogen-bond acceptors (Lipinski definition) is 3. The summed E-state index contributed by atoms with van der Waals surface area (Å²) in [4.78, 5) is 27.4. The summed E-state index contributed by atoms with van der Waals surface area (Å²) >= 11 is 0. The van der Waals surface area contributed by atoms with E-state index in [1.807, 2.05) is 48.5 Å². The predicted molar refractivity (Wildman–Crippen MR) is 112 cm³/mol. The number of nitrogens with zero attached hydrogens (tertiary/aromatic N) is 1. The zero-order valence-electron chi connectivity index (χ0n) is 16.4. The lowest BCUT2D eigenvalue weighted by Crippen LogP contribution is -2.45. The van der Waals surface area contributed by atoms with Crippen LogP contribution < -0.4 is 10.1 Å². The molecule has 2 amide bonds. The van der Waals surface area contributed by atoms with Gasteiger partial charge in [-0.2, -0.15) is 0 Å². The van der Waals surface area contributed by atoms with Crippen molar-refractivity contribution in [1.29, 1.82) is 0 Å². The summed E-state index contributed by atoms with van der Waals surface area (Å²) in [5, 5.41) is 2.78. The summed E-state index contributed by atoms with van der Waals surface area (Å²) in [5.74, 6) is -0.589. The van der Waals surface area contributed by atoms with Crippen LogP contribution in [0.2, 0.25) is 0 Å². The second-order valence-corrected chi connectivity index (χ2v) is 7.13. The van der Waals surface area contributed by atoms with E-state index in [0.29, 0.717) is 17.0 Å². The number of benzene rings is 3. The molecule has 3 aromatic rings. The van der Waals surface area contributed by atoms with Crippen LogP contribution in [0.4, 0.5) is 10.1 Å². The van der Waals surface area contributed by atoms with Crippen LogP contribution in [0.25, 0.3) is 0 Å². The third kappa shape index (κ3) is 4.03. The molecule has 0 aliphatic carbocycles. The molecule has 6 heteroatoms. The summed E-state index contributed by atoms with van der Waals surface area (Å²) < 4.78 is 20.0. The molecule has 0 spiro atoms. The fourth-order valence-corrected chi connectivity index (χ4v) is 3.66. The number of carbonyl (C=O) groups is 2. The summed E-state index contributed by atoms with van der Waals surface area (Å²) in [6, 6.07) is 21.8. The topological polar surface area (TPSA) is 58.6 Å². The molecular weight excluding hydrogens is 383 g/mol. The Hall–Kier alpha value is -3.67. The maximum absolute atomic E-state index is 14.1. The highest BCUT2D eigenvalue weighted by Crippen LogP contribution is 2.36. The van der Waals surface area contributed by atoms with Crippen molar-refractivity contribution in [2.45, 2.75) is 19.1 Å². The highest BCUT2D eigenvalue weighted by Gasteiger charge is 2.36. The molecule has 5 nitrogen and oxygen atoms in total. The smallest absolute Gasteiger partial charge is 0.264 e. The first-order valence-electron chi connectivity index (χ1n) is 9.69. The molecule has 1 N–H and O–H groups in total.